The Morgan fingerprint density at radius 2 is 2.04 bits per heavy atom. The number of carbonyl (C=O) groups is 2. The summed E-state index contributed by atoms with van der Waals surface area (Å²) in [6, 6.07) is 15.4. The Morgan fingerprint density at radius 1 is 1.18 bits per heavy atom. The first kappa shape index (κ1) is 18.4. The first-order valence-electron chi connectivity index (χ1n) is 9.48. The summed E-state index contributed by atoms with van der Waals surface area (Å²) in [6.45, 7) is 2.11. The third-order valence-electron chi connectivity index (χ3n) is 4.74. The Labute approximate surface area is 167 Å². The molecular weight excluding hydrogens is 372 g/mol. The first-order chi connectivity index (χ1) is 13.7. The topological polar surface area (TPSA) is 74.3 Å². The highest BCUT2D eigenvalue weighted by Gasteiger charge is 2.19. The normalized spacial score (nSPS) is 13.9. The number of likely N-dealkylation sites (tertiary alicyclic amines) is 1. The number of hydrogen-bond donors (Lipinski definition) is 2. The second-order valence-corrected chi connectivity index (χ2v) is 7.82. The molecule has 1 fully saturated rings. The largest absolute Gasteiger partial charge is 0.352 e. The van der Waals surface area contributed by atoms with Crippen LogP contribution in [0.1, 0.15) is 29.6 Å². The fraction of sp³-hybridized carbons (Fsp3) is 0.286. The Balaban J connectivity index is 1.34. The van der Waals surface area contributed by atoms with E-state index in [4.69, 9.17) is 0 Å². The molecule has 0 radical (unpaired) electrons. The van der Waals surface area contributed by atoms with Crippen LogP contribution in [-0.4, -0.2) is 41.3 Å². The second-order valence-electron chi connectivity index (χ2n) is 6.79. The number of carbonyl (C=O) groups excluding carboxylic acids is 2. The summed E-state index contributed by atoms with van der Waals surface area (Å²) < 4.78 is 0.966. The van der Waals surface area contributed by atoms with Gasteiger partial charge in [0.15, 0.2) is 5.13 Å². The van der Waals surface area contributed by atoms with Crippen molar-refractivity contribution in [3.63, 3.8) is 0 Å². The molecule has 6 nitrogen and oxygen atoms in total. The van der Waals surface area contributed by atoms with Gasteiger partial charge in [0.2, 0.25) is 5.91 Å². The van der Waals surface area contributed by atoms with Crippen LogP contribution in [0.4, 0.5) is 10.8 Å². The number of rotatable bonds is 7. The molecule has 144 valence electrons. The van der Waals surface area contributed by atoms with E-state index in [1.165, 1.54) is 11.3 Å². The van der Waals surface area contributed by atoms with Crippen LogP contribution in [0.3, 0.4) is 0 Å². The number of amides is 2. The molecule has 7 heteroatoms. The summed E-state index contributed by atoms with van der Waals surface area (Å²) in [5.74, 6) is 0.127. The number of anilines is 2. The lowest BCUT2D eigenvalue weighted by molar-refractivity contribution is -0.127. The number of benzene rings is 2. The molecule has 0 aliphatic carbocycles. The van der Waals surface area contributed by atoms with Gasteiger partial charge in [-0.3, -0.25) is 9.59 Å². The fourth-order valence-electron chi connectivity index (χ4n) is 3.28. The minimum atomic E-state index is -0.0967. The van der Waals surface area contributed by atoms with Crippen molar-refractivity contribution in [1.29, 1.82) is 0 Å². The first-order valence-corrected chi connectivity index (χ1v) is 10.3. The summed E-state index contributed by atoms with van der Waals surface area (Å²) in [5, 5.41) is 7.03. The van der Waals surface area contributed by atoms with Gasteiger partial charge in [-0.05, 0) is 43.2 Å². The van der Waals surface area contributed by atoms with Gasteiger partial charge in [-0.2, -0.15) is 0 Å². The summed E-state index contributed by atoms with van der Waals surface area (Å²) in [5.41, 5.74) is 2.48. The maximum atomic E-state index is 12.4. The zero-order valence-corrected chi connectivity index (χ0v) is 16.3. The molecule has 2 amide bonds. The Kier molecular flexibility index (Phi) is 5.53. The minimum absolute atomic E-state index is 0.0967. The molecule has 0 spiro atoms. The molecule has 0 unspecified atom stereocenters. The highest BCUT2D eigenvalue weighted by molar-refractivity contribution is 7.22. The van der Waals surface area contributed by atoms with Crippen molar-refractivity contribution in [2.75, 3.05) is 25.0 Å². The van der Waals surface area contributed by atoms with Gasteiger partial charge in [0, 0.05) is 37.3 Å². The van der Waals surface area contributed by atoms with Crippen molar-refractivity contribution < 1.29 is 9.59 Å². The van der Waals surface area contributed by atoms with E-state index < -0.39 is 0 Å². The standard InChI is InChI=1S/C21H22N4O2S/c26-19-8-4-12-25(19)13-5-11-22-20(27)15-9-10-17-18(14-15)28-21(24-17)23-16-6-2-1-3-7-16/h1-3,6-7,9-10,14H,4-5,8,11-13H2,(H,22,27)(H,23,24). The third kappa shape index (κ3) is 4.31. The molecule has 2 aromatic carbocycles. The average molecular weight is 395 g/mol. The lowest BCUT2D eigenvalue weighted by Crippen LogP contribution is -2.30. The Hall–Kier alpha value is -2.93. The van der Waals surface area contributed by atoms with Crippen LogP contribution in [0.5, 0.6) is 0 Å². The summed E-state index contributed by atoms with van der Waals surface area (Å²) in [4.78, 5) is 30.5. The fourth-order valence-corrected chi connectivity index (χ4v) is 4.20. The van der Waals surface area contributed by atoms with Crippen LogP contribution in [-0.2, 0) is 4.79 Å². The van der Waals surface area contributed by atoms with Crippen LogP contribution in [0.25, 0.3) is 10.2 Å². The number of nitrogens with zero attached hydrogens (tertiary/aromatic N) is 2. The van der Waals surface area contributed by atoms with Gasteiger partial charge in [0.25, 0.3) is 5.91 Å². The molecular formula is C21H22N4O2S. The van der Waals surface area contributed by atoms with E-state index in [1.54, 1.807) is 6.07 Å². The lowest BCUT2D eigenvalue weighted by atomic mass is 10.2. The molecule has 28 heavy (non-hydrogen) atoms. The van der Waals surface area contributed by atoms with Gasteiger partial charge in [-0.15, -0.1) is 0 Å². The molecule has 0 atom stereocenters. The molecule has 1 aliphatic rings. The Bertz CT molecular complexity index is 986. The minimum Gasteiger partial charge on any atom is -0.352 e. The van der Waals surface area contributed by atoms with Crippen LogP contribution in [0.2, 0.25) is 0 Å². The number of para-hydroxylation sites is 1. The molecule has 0 bridgehead atoms. The highest BCUT2D eigenvalue weighted by atomic mass is 32.1. The molecule has 0 saturated carbocycles. The van der Waals surface area contributed by atoms with Crippen molar-refractivity contribution >= 4 is 44.2 Å². The van der Waals surface area contributed by atoms with E-state index in [2.05, 4.69) is 15.6 Å². The number of aromatic nitrogens is 1. The van der Waals surface area contributed by atoms with Gasteiger partial charge in [0.1, 0.15) is 0 Å². The number of nitrogens with one attached hydrogen (secondary N) is 2. The predicted molar refractivity (Wildman–Crippen MR) is 112 cm³/mol. The monoisotopic (exact) mass is 394 g/mol. The quantitative estimate of drug-likeness (QED) is 0.598. The summed E-state index contributed by atoms with van der Waals surface area (Å²) in [7, 11) is 0. The van der Waals surface area contributed by atoms with Crippen LogP contribution >= 0.6 is 11.3 Å². The average Bonchev–Trinajstić information content (AvgIpc) is 3.30. The van der Waals surface area contributed by atoms with Crippen LogP contribution in [0, 0.1) is 0 Å². The molecule has 2 N–H and O–H groups in total. The maximum absolute atomic E-state index is 12.4. The third-order valence-corrected chi connectivity index (χ3v) is 5.67. The van der Waals surface area contributed by atoms with Crippen molar-refractivity contribution in [2.24, 2.45) is 0 Å². The highest BCUT2D eigenvalue weighted by Crippen LogP contribution is 2.29. The molecule has 1 aromatic heterocycles. The van der Waals surface area contributed by atoms with Gasteiger partial charge in [0.05, 0.1) is 10.2 Å². The van der Waals surface area contributed by atoms with Crippen LogP contribution in [0.15, 0.2) is 48.5 Å². The molecule has 4 rings (SSSR count). The predicted octanol–water partition coefficient (Wildman–Crippen LogP) is 3.78. The summed E-state index contributed by atoms with van der Waals surface area (Å²) in [6.07, 6.45) is 2.37. The molecule has 1 aliphatic heterocycles. The zero-order chi connectivity index (χ0) is 19.3. The van der Waals surface area contributed by atoms with Crippen molar-refractivity contribution in [3.8, 4) is 0 Å². The lowest BCUT2D eigenvalue weighted by Gasteiger charge is -2.15. The van der Waals surface area contributed by atoms with E-state index in [-0.39, 0.29) is 11.8 Å². The van der Waals surface area contributed by atoms with Gasteiger partial charge in [-0.1, -0.05) is 29.5 Å². The Morgan fingerprint density at radius 3 is 2.82 bits per heavy atom. The molecule has 1 saturated heterocycles. The van der Waals surface area contributed by atoms with Gasteiger partial charge >= 0.3 is 0 Å². The molecule has 3 aromatic rings. The smallest absolute Gasteiger partial charge is 0.251 e. The zero-order valence-electron chi connectivity index (χ0n) is 15.5. The SMILES string of the molecule is O=C(NCCCN1CCCC1=O)c1ccc2nc(Nc3ccccc3)sc2c1. The summed E-state index contributed by atoms with van der Waals surface area (Å²) >= 11 is 1.52. The molecule has 2 heterocycles. The van der Waals surface area contributed by atoms with E-state index in [1.807, 2.05) is 47.4 Å². The van der Waals surface area contributed by atoms with Gasteiger partial charge in [-0.25, -0.2) is 4.98 Å². The second kappa shape index (κ2) is 8.39. The van der Waals surface area contributed by atoms with E-state index >= 15 is 0 Å². The number of fused-ring (bicyclic) bond motifs is 1. The van der Waals surface area contributed by atoms with E-state index in [9.17, 15) is 9.59 Å². The van der Waals surface area contributed by atoms with E-state index in [0.29, 0.717) is 25.1 Å². The van der Waals surface area contributed by atoms with Crippen LogP contribution < -0.4 is 10.6 Å². The van der Waals surface area contributed by atoms with Crippen molar-refractivity contribution in [2.45, 2.75) is 19.3 Å². The van der Waals surface area contributed by atoms with Gasteiger partial charge < -0.3 is 15.5 Å². The van der Waals surface area contributed by atoms with Crippen molar-refractivity contribution in [1.82, 2.24) is 15.2 Å². The number of thiazole rings is 1. The maximum Gasteiger partial charge on any atom is 0.251 e. The number of hydrogen-bond acceptors (Lipinski definition) is 5. The van der Waals surface area contributed by atoms with E-state index in [0.717, 1.165) is 40.4 Å². The van der Waals surface area contributed by atoms with Crippen molar-refractivity contribution in [3.05, 3.63) is 54.1 Å².